The third-order valence-corrected chi connectivity index (χ3v) is 13.3. The number of halogens is 1. The number of rotatable bonds is 7. The number of carbonyl (C=O) groups is 5. The van der Waals surface area contributed by atoms with E-state index in [9.17, 15) is 36.8 Å². The molecule has 0 bridgehead atoms. The molecule has 2 N–H and O–H groups in total. The van der Waals surface area contributed by atoms with Crippen LogP contribution in [0.2, 0.25) is 0 Å². The van der Waals surface area contributed by atoms with Crippen molar-refractivity contribution in [2.45, 2.75) is 101 Å². The van der Waals surface area contributed by atoms with Gasteiger partial charge >= 0.3 is 5.97 Å². The number of nitrogens with one attached hydrogen (secondary N) is 2. The second kappa shape index (κ2) is 15.4. The lowest BCUT2D eigenvalue weighted by atomic mass is 9.92. The number of ether oxygens (including phenoxy) is 1. The van der Waals surface area contributed by atoms with Crippen molar-refractivity contribution in [1.82, 2.24) is 24.8 Å². The highest BCUT2D eigenvalue weighted by Crippen LogP contribution is 2.47. The minimum Gasteiger partial charge on any atom is -0.460 e. The number of hydrogen-bond acceptors (Lipinski definition) is 9. The van der Waals surface area contributed by atoms with Gasteiger partial charge in [0.05, 0.1) is 17.4 Å². The normalized spacial score (nSPS) is 28.8. The van der Waals surface area contributed by atoms with E-state index in [-0.39, 0.29) is 55.9 Å². The van der Waals surface area contributed by atoms with Crippen LogP contribution >= 0.6 is 0 Å². The van der Waals surface area contributed by atoms with Gasteiger partial charge in [-0.1, -0.05) is 43.2 Å². The van der Waals surface area contributed by atoms with Gasteiger partial charge in [-0.25, -0.2) is 17.8 Å². The van der Waals surface area contributed by atoms with Gasteiger partial charge in [0.25, 0.3) is 11.8 Å². The fraction of sp³-hybridized carbons (Fsp3) is 0.561. The maximum absolute atomic E-state index is 14.7. The molecule has 2 saturated heterocycles. The van der Waals surface area contributed by atoms with E-state index in [1.54, 1.807) is 56.0 Å². The summed E-state index contributed by atoms with van der Waals surface area (Å²) >= 11 is 0. The molecule has 4 fully saturated rings. The molecule has 56 heavy (non-hydrogen) atoms. The molecule has 15 heteroatoms. The first-order valence-corrected chi connectivity index (χ1v) is 21.2. The van der Waals surface area contributed by atoms with Crippen LogP contribution in [0, 0.1) is 29.5 Å². The molecular formula is C41H50FN5O8S. The maximum atomic E-state index is 14.7. The number of benzene rings is 1. The second-order valence-corrected chi connectivity index (χ2v) is 18.9. The highest BCUT2D eigenvalue weighted by atomic mass is 32.2. The molecule has 6 atom stereocenters. The van der Waals surface area contributed by atoms with Crippen molar-refractivity contribution in [2.24, 2.45) is 23.7 Å². The number of amides is 4. The highest BCUT2D eigenvalue weighted by Gasteiger charge is 2.63. The van der Waals surface area contributed by atoms with Crippen LogP contribution < -0.4 is 10.0 Å². The van der Waals surface area contributed by atoms with Crippen LogP contribution in [0.5, 0.6) is 0 Å². The Labute approximate surface area is 326 Å². The lowest BCUT2D eigenvalue weighted by molar-refractivity contribution is -0.159. The summed E-state index contributed by atoms with van der Waals surface area (Å²) in [5, 5.41) is 2.27. The van der Waals surface area contributed by atoms with Gasteiger partial charge in [-0.15, -0.1) is 0 Å². The summed E-state index contributed by atoms with van der Waals surface area (Å²) in [7, 11) is -3.92. The molecule has 4 heterocycles. The molecule has 0 unspecified atom stereocenters. The highest BCUT2D eigenvalue weighted by molar-refractivity contribution is 7.91. The number of carbonyl (C=O) groups excluding carboxylic acids is 5. The Balaban J connectivity index is 1.18. The Morgan fingerprint density at radius 1 is 1.02 bits per heavy atom. The average Bonchev–Trinajstić information content (AvgIpc) is 4.03. The Morgan fingerprint density at radius 3 is 2.52 bits per heavy atom. The zero-order chi connectivity index (χ0) is 40.0. The molecule has 1 aromatic heterocycles. The van der Waals surface area contributed by atoms with Gasteiger partial charge in [0.2, 0.25) is 21.8 Å². The first-order valence-electron chi connectivity index (χ1n) is 19.6. The third kappa shape index (κ3) is 8.52. The fourth-order valence-corrected chi connectivity index (χ4v) is 9.84. The van der Waals surface area contributed by atoms with Crippen LogP contribution in [0.3, 0.4) is 0 Å². The van der Waals surface area contributed by atoms with Crippen molar-refractivity contribution in [3.63, 3.8) is 0 Å². The largest absolute Gasteiger partial charge is 0.460 e. The number of sulfonamides is 1. The fourth-order valence-electron chi connectivity index (χ4n) is 8.48. The number of nitrogens with zero attached hydrogens (tertiary/aromatic N) is 3. The summed E-state index contributed by atoms with van der Waals surface area (Å²) in [6, 6.07) is 9.74. The first-order chi connectivity index (χ1) is 26.5. The van der Waals surface area contributed by atoms with E-state index < -0.39 is 73.8 Å². The van der Waals surface area contributed by atoms with E-state index in [0.717, 1.165) is 12.8 Å². The average molecular weight is 792 g/mol. The molecule has 13 nitrogen and oxygen atoms in total. The molecule has 1 aromatic carbocycles. The predicted octanol–water partition coefficient (Wildman–Crippen LogP) is 4.14. The van der Waals surface area contributed by atoms with Gasteiger partial charge in [-0.2, -0.15) is 0 Å². The van der Waals surface area contributed by atoms with Gasteiger partial charge in [0.1, 0.15) is 28.7 Å². The number of pyridine rings is 1. The van der Waals surface area contributed by atoms with E-state index in [1.807, 2.05) is 12.2 Å². The number of hydrogen-bond donors (Lipinski definition) is 2. The van der Waals surface area contributed by atoms with Crippen molar-refractivity contribution in [1.29, 1.82) is 0 Å². The number of allylic oxidation sites excluding steroid dienone is 1. The van der Waals surface area contributed by atoms with E-state index in [1.165, 1.54) is 17.0 Å². The van der Waals surface area contributed by atoms with Crippen molar-refractivity contribution in [3.8, 4) is 11.3 Å². The van der Waals surface area contributed by atoms with E-state index in [4.69, 9.17) is 4.74 Å². The summed E-state index contributed by atoms with van der Waals surface area (Å²) < 4.78 is 47.6. The van der Waals surface area contributed by atoms with Crippen molar-refractivity contribution in [3.05, 3.63) is 66.1 Å². The van der Waals surface area contributed by atoms with E-state index in [2.05, 4.69) is 15.0 Å². The topological polar surface area (TPSA) is 172 Å². The quantitative estimate of drug-likeness (QED) is 0.309. The third-order valence-electron chi connectivity index (χ3n) is 11.5. The molecule has 5 aliphatic rings. The summed E-state index contributed by atoms with van der Waals surface area (Å²) in [5.74, 6) is -5.20. The first kappa shape index (κ1) is 39.6. The summed E-state index contributed by atoms with van der Waals surface area (Å²) in [6.07, 6.45) is 8.10. The summed E-state index contributed by atoms with van der Waals surface area (Å²) in [6.45, 7) is 5.72. The smallest absolute Gasteiger partial charge is 0.307 e. The molecule has 3 aliphatic heterocycles. The Hall–Kier alpha value is -4.66. The van der Waals surface area contributed by atoms with Crippen molar-refractivity contribution in [2.75, 3.05) is 19.6 Å². The van der Waals surface area contributed by atoms with Crippen molar-refractivity contribution < 1.29 is 41.5 Å². The molecule has 0 spiro atoms. The molecule has 300 valence electrons. The van der Waals surface area contributed by atoms with Gasteiger partial charge in [0.15, 0.2) is 0 Å². The molecule has 2 aliphatic carbocycles. The minimum atomic E-state index is -3.92. The molecule has 7 rings (SSSR count). The molecule has 2 aromatic rings. The second-order valence-electron chi connectivity index (χ2n) is 17.0. The van der Waals surface area contributed by atoms with E-state index >= 15 is 0 Å². The zero-order valence-electron chi connectivity index (χ0n) is 32.0. The van der Waals surface area contributed by atoms with Crippen LogP contribution in [0.15, 0.2) is 54.6 Å². The monoisotopic (exact) mass is 791 g/mol. The minimum absolute atomic E-state index is 0.104. The lowest BCUT2D eigenvalue weighted by Gasteiger charge is -2.33. The SMILES string of the molecule is CC(C)(C)OC(=O)C[C@@H]1CCCCC/C=C\[C@@H]2C[C@@]2(C(=O)NS(=O)(=O)C2CC2)NC(=O)[C@@H]2[C@H]3CN(C(=O)c4cccc(-c5cccc(F)c5)n4)C[C@H]3CN2C1=O. The number of likely N-dealkylation sites (tertiary alicyclic amines) is 1. The van der Waals surface area contributed by atoms with Gasteiger partial charge in [0, 0.05) is 48.9 Å². The molecule has 4 amide bonds. The Bertz CT molecular complexity index is 2050. The summed E-state index contributed by atoms with van der Waals surface area (Å²) in [5.41, 5.74) is -1.22. The molecular weight excluding hydrogens is 742 g/mol. The van der Waals surface area contributed by atoms with Gasteiger partial charge in [-0.3, -0.25) is 28.7 Å². The Morgan fingerprint density at radius 2 is 1.79 bits per heavy atom. The molecule has 2 saturated carbocycles. The van der Waals surface area contributed by atoms with Crippen molar-refractivity contribution >= 4 is 39.6 Å². The number of fused-ring (bicyclic) bond motifs is 4. The van der Waals surface area contributed by atoms with Crippen LogP contribution in [0.1, 0.15) is 89.0 Å². The maximum Gasteiger partial charge on any atom is 0.307 e. The van der Waals surface area contributed by atoms with Crippen LogP contribution in [-0.4, -0.2) is 94.9 Å². The van der Waals surface area contributed by atoms with Crippen LogP contribution in [0.4, 0.5) is 4.39 Å². The van der Waals surface area contributed by atoms with Crippen LogP contribution in [0.25, 0.3) is 11.3 Å². The zero-order valence-corrected chi connectivity index (χ0v) is 32.9. The van der Waals surface area contributed by atoms with Gasteiger partial charge in [-0.05, 0) is 83.6 Å². The van der Waals surface area contributed by atoms with Gasteiger partial charge < -0.3 is 19.9 Å². The predicted molar refractivity (Wildman–Crippen MR) is 203 cm³/mol. The standard InChI is InChI=1S/C41H50FN5O8S/c1-40(2,3)55-34(48)20-26-11-7-5-4-6-8-13-28-21-41(28,39(52)45-56(53,54)30-17-18-30)44-36(49)35-31-24-46(22-27(31)23-47(35)37(26)50)38(51)33-16-10-15-32(43-33)25-12-9-14-29(42)19-25/h8-10,12-16,19,26-28,30-31,35H,4-7,11,17-18,20-24H2,1-3H3,(H,44,49)(H,45,52)/b13-8-/t26-,27-,28+,31-,35-,41+/m0/s1. The van der Waals surface area contributed by atoms with E-state index in [0.29, 0.717) is 43.4 Å². The number of esters is 1. The molecule has 0 radical (unpaired) electrons. The lowest BCUT2D eigenvalue weighted by Crippen LogP contribution is -2.58. The van der Waals surface area contributed by atoms with Crippen LogP contribution in [-0.2, 0) is 33.9 Å². The Kier molecular flexibility index (Phi) is 10.8. The number of aromatic nitrogens is 1. The summed E-state index contributed by atoms with van der Waals surface area (Å²) in [4.78, 5) is 77.8.